The maximum Gasteiger partial charge on any atom is 0.241 e. The van der Waals surface area contributed by atoms with E-state index in [1.165, 1.54) is 6.92 Å². The van der Waals surface area contributed by atoms with Gasteiger partial charge in [-0.15, -0.1) is 0 Å². The van der Waals surface area contributed by atoms with Crippen LogP contribution in [0.25, 0.3) is 0 Å². The van der Waals surface area contributed by atoms with Crippen molar-refractivity contribution in [1.82, 2.24) is 10.2 Å². The van der Waals surface area contributed by atoms with Crippen LogP contribution in [0.1, 0.15) is 34.6 Å². The van der Waals surface area contributed by atoms with Gasteiger partial charge in [-0.1, -0.05) is 0 Å². The number of likely N-dealkylation sites (N-methyl/N-ethyl adjacent to an activating group) is 1. The minimum atomic E-state index is -0.472. The van der Waals surface area contributed by atoms with Gasteiger partial charge in [-0.05, 0) is 59.0 Å². The van der Waals surface area contributed by atoms with E-state index in [0.29, 0.717) is 11.4 Å². The van der Waals surface area contributed by atoms with Crippen LogP contribution < -0.4 is 16.0 Å². The zero-order chi connectivity index (χ0) is 19.2. The van der Waals surface area contributed by atoms with Gasteiger partial charge in [0.1, 0.15) is 0 Å². The Bertz CT molecular complexity index is 620. The van der Waals surface area contributed by atoms with Gasteiger partial charge in [-0.2, -0.15) is 0 Å². The van der Waals surface area contributed by atoms with Crippen molar-refractivity contribution < 1.29 is 14.4 Å². The van der Waals surface area contributed by atoms with Crippen LogP contribution in [-0.2, 0) is 14.4 Å². The normalized spacial score (nSPS) is 12.4. The van der Waals surface area contributed by atoms with E-state index in [0.717, 1.165) is 0 Å². The van der Waals surface area contributed by atoms with E-state index in [1.54, 1.807) is 43.1 Å². The van der Waals surface area contributed by atoms with Crippen LogP contribution in [-0.4, -0.2) is 47.8 Å². The van der Waals surface area contributed by atoms with Gasteiger partial charge >= 0.3 is 0 Å². The summed E-state index contributed by atoms with van der Waals surface area (Å²) >= 11 is 0. The van der Waals surface area contributed by atoms with Gasteiger partial charge in [-0.3, -0.25) is 19.3 Å². The highest BCUT2D eigenvalue weighted by Crippen LogP contribution is 2.14. The summed E-state index contributed by atoms with van der Waals surface area (Å²) in [6.07, 6.45) is 0. The molecular formula is C18H28N4O3. The summed E-state index contributed by atoms with van der Waals surface area (Å²) in [5.41, 5.74) is 0.979. The molecule has 0 aliphatic heterocycles. The molecular weight excluding hydrogens is 320 g/mol. The monoisotopic (exact) mass is 348 g/mol. The van der Waals surface area contributed by atoms with Gasteiger partial charge in [0.25, 0.3) is 0 Å². The van der Waals surface area contributed by atoms with Crippen LogP contribution >= 0.6 is 0 Å². The lowest BCUT2D eigenvalue weighted by atomic mass is 10.1. The third kappa shape index (κ3) is 7.80. The standard InChI is InChI=1S/C18H28N4O3/c1-12(22(6)11-16(24)21-18(3,4)5)17(25)20-15-9-7-14(8-10-15)19-13(2)23/h7-10,12H,11H2,1-6H3,(H,19,23)(H,20,25)(H,21,24)/t12-/m0/s1. The molecule has 7 heteroatoms. The first-order chi connectivity index (χ1) is 11.5. The van der Waals surface area contributed by atoms with E-state index in [1.807, 2.05) is 20.8 Å². The Morgan fingerprint density at radius 2 is 1.52 bits per heavy atom. The number of hydrogen-bond donors (Lipinski definition) is 3. The van der Waals surface area contributed by atoms with Crippen LogP contribution in [0.2, 0.25) is 0 Å². The van der Waals surface area contributed by atoms with Crippen molar-refractivity contribution in [2.24, 2.45) is 0 Å². The maximum absolute atomic E-state index is 12.3. The lowest BCUT2D eigenvalue weighted by Crippen LogP contribution is -2.49. The molecule has 7 nitrogen and oxygen atoms in total. The first-order valence-corrected chi connectivity index (χ1v) is 8.17. The van der Waals surface area contributed by atoms with Gasteiger partial charge < -0.3 is 16.0 Å². The molecule has 0 aromatic heterocycles. The third-order valence-corrected chi connectivity index (χ3v) is 3.42. The zero-order valence-electron chi connectivity index (χ0n) is 15.8. The molecule has 3 N–H and O–H groups in total. The average molecular weight is 348 g/mol. The minimum Gasteiger partial charge on any atom is -0.350 e. The van der Waals surface area contributed by atoms with Gasteiger partial charge in [-0.25, -0.2) is 0 Å². The predicted octanol–water partition coefficient (Wildman–Crippen LogP) is 1.82. The molecule has 25 heavy (non-hydrogen) atoms. The fraction of sp³-hybridized carbons (Fsp3) is 0.500. The van der Waals surface area contributed by atoms with Crippen molar-refractivity contribution in [3.8, 4) is 0 Å². The SMILES string of the molecule is CC(=O)Nc1ccc(NC(=O)[C@H](C)N(C)CC(=O)NC(C)(C)C)cc1. The maximum atomic E-state index is 12.3. The largest absolute Gasteiger partial charge is 0.350 e. The molecule has 1 aromatic carbocycles. The van der Waals surface area contributed by atoms with Crippen LogP contribution in [0, 0.1) is 0 Å². The minimum absolute atomic E-state index is 0.130. The second-order valence-corrected chi connectivity index (χ2v) is 7.14. The summed E-state index contributed by atoms with van der Waals surface area (Å²) in [6, 6.07) is 6.37. The van der Waals surface area contributed by atoms with E-state index in [4.69, 9.17) is 0 Å². The number of anilines is 2. The quantitative estimate of drug-likeness (QED) is 0.731. The number of nitrogens with zero attached hydrogens (tertiary/aromatic N) is 1. The second kappa shape index (κ2) is 8.62. The summed E-state index contributed by atoms with van der Waals surface area (Å²) in [5, 5.41) is 8.33. The molecule has 0 aliphatic rings. The van der Waals surface area contributed by atoms with Crippen LogP contribution in [0.15, 0.2) is 24.3 Å². The Balaban J connectivity index is 2.58. The first-order valence-electron chi connectivity index (χ1n) is 8.17. The summed E-state index contributed by atoms with van der Waals surface area (Å²) < 4.78 is 0. The third-order valence-electron chi connectivity index (χ3n) is 3.42. The molecule has 0 fully saturated rings. The van der Waals surface area contributed by atoms with E-state index in [2.05, 4.69) is 16.0 Å². The molecule has 0 saturated carbocycles. The first kappa shape index (κ1) is 20.6. The van der Waals surface area contributed by atoms with Crippen molar-refractivity contribution in [2.75, 3.05) is 24.2 Å². The Hall–Kier alpha value is -2.41. The van der Waals surface area contributed by atoms with Crippen LogP contribution in [0.3, 0.4) is 0 Å². The van der Waals surface area contributed by atoms with Crippen molar-refractivity contribution in [3.05, 3.63) is 24.3 Å². The molecule has 0 heterocycles. The molecule has 0 unspecified atom stereocenters. The number of amides is 3. The Labute approximate surface area is 149 Å². The van der Waals surface area contributed by atoms with E-state index < -0.39 is 6.04 Å². The van der Waals surface area contributed by atoms with Crippen LogP contribution in [0.5, 0.6) is 0 Å². The molecule has 1 aromatic rings. The molecule has 0 radical (unpaired) electrons. The molecule has 0 aliphatic carbocycles. The summed E-state index contributed by atoms with van der Waals surface area (Å²) in [7, 11) is 1.73. The molecule has 138 valence electrons. The Morgan fingerprint density at radius 3 is 1.96 bits per heavy atom. The summed E-state index contributed by atoms with van der Waals surface area (Å²) in [5.74, 6) is -0.492. The van der Waals surface area contributed by atoms with Gasteiger partial charge in [0.2, 0.25) is 17.7 Å². The van der Waals surface area contributed by atoms with Crippen molar-refractivity contribution in [2.45, 2.75) is 46.2 Å². The fourth-order valence-electron chi connectivity index (χ4n) is 2.11. The smallest absolute Gasteiger partial charge is 0.241 e. The van der Waals surface area contributed by atoms with Gasteiger partial charge in [0, 0.05) is 23.8 Å². The summed E-state index contributed by atoms with van der Waals surface area (Å²) in [4.78, 5) is 37.0. The van der Waals surface area contributed by atoms with Crippen molar-refractivity contribution in [1.29, 1.82) is 0 Å². The Morgan fingerprint density at radius 1 is 1.04 bits per heavy atom. The molecule has 0 bridgehead atoms. The highest BCUT2D eigenvalue weighted by atomic mass is 16.2. The highest BCUT2D eigenvalue weighted by Gasteiger charge is 2.22. The number of carbonyl (C=O) groups is 3. The summed E-state index contributed by atoms with van der Waals surface area (Å²) in [6.45, 7) is 9.03. The van der Waals surface area contributed by atoms with Crippen molar-refractivity contribution >= 4 is 29.1 Å². The van der Waals surface area contributed by atoms with Crippen molar-refractivity contribution in [3.63, 3.8) is 0 Å². The predicted molar refractivity (Wildman–Crippen MR) is 99.4 cm³/mol. The molecule has 1 rings (SSSR count). The van der Waals surface area contributed by atoms with Gasteiger partial charge in [0.05, 0.1) is 12.6 Å². The number of carbonyl (C=O) groups excluding carboxylic acids is 3. The van der Waals surface area contributed by atoms with E-state index >= 15 is 0 Å². The number of hydrogen-bond acceptors (Lipinski definition) is 4. The second-order valence-electron chi connectivity index (χ2n) is 7.14. The van der Waals surface area contributed by atoms with Gasteiger partial charge in [0.15, 0.2) is 0 Å². The lowest BCUT2D eigenvalue weighted by molar-refractivity contribution is -0.125. The zero-order valence-corrected chi connectivity index (χ0v) is 15.8. The average Bonchev–Trinajstić information content (AvgIpc) is 2.45. The van der Waals surface area contributed by atoms with Crippen LogP contribution in [0.4, 0.5) is 11.4 Å². The fourth-order valence-corrected chi connectivity index (χ4v) is 2.11. The topological polar surface area (TPSA) is 90.5 Å². The Kier molecular flexibility index (Phi) is 7.11. The van der Waals surface area contributed by atoms with E-state index in [-0.39, 0.29) is 29.8 Å². The number of rotatable bonds is 6. The number of nitrogens with one attached hydrogen (secondary N) is 3. The lowest BCUT2D eigenvalue weighted by Gasteiger charge is -2.26. The number of benzene rings is 1. The molecule has 0 saturated heterocycles. The molecule has 1 atom stereocenters. The molecule has 0 spiro atoms. The van der Waals surface area contributed by atoms with E-state index in [9.17, 15) is 14.4 Å². The highest BCUT2D eigenvalue weighted by molar-refractivity contribution is 5.95. The molecule has 3 amide bonds.